The van der Waals surface area contributed by atoms with Crippen LogP contribution in [0.4, 0.5) is 10.5 Å². The highest BCUT2D eigenvalue weighted by molar-refractivity contribution is 5.97. The third kappa shape index (κ3) is 3.96. The Morgan fingerprint density at radius 1 is 1.36 bits per heavy atom. The van der Waals surface area contributed by atoms with Gasteiger partial charge in [0.15, 0.2) is 11.5 Å². The van der Waals surface area contributed by atoms with Crippen molar-refractivity contribution in [1.82, 2.24) is 4.90 Å². The molecule has 1 aromatic rings. The van der Waals surface area contributed by atoms with Crippen LogP contribution in [0.3, 0.4) is 0 Å². The van der Waals surface area contributed by atoms with Gasteiger partial charge in [0.1, 0.15) is 6.04 Å². The van der Waals surface area contributed by atoms with Crippen molar-refractivity contribution in [1.29, 1.82) is 0 Å². The van der Waals surface area contributed by atoms with E-state index >= 15 is 0 Å². The van der Waals surface area contributed by atoms with Gasteiger partial charge in [-0.25, -0.2) is 4.79 Å². The van der Waals surface area contributed by atoms with Crippen molar-refractivity contribution in [3.8, 4) is 11.5 Å². The number of hydrogen-bond acceptors (Lipinski definition) is 6. The molecule has 8 heteroatoms. The molecule has 3 rings (SSSR count). The van der Waals surface area contributed by atoms with Gasteiger partial charge in [0, 0.05) is 18.2 Å². The fraction of sp³-hybridized carbons (Fsp3) is 0.529. The van der Waals surface area contributed by atoms with E-state index in [0.29, 0.717) is 17.2 Å². The molecule has 1 aromatic carbocycles. The summed E-state index contributed by atoms with van der Waals surface area (Å²) in [6.07, 6.45) is -1.16. The molecule has 2 aliphatic heterocycles. The van der Waals surface area contributed by atoms with Crippen LogP contribution >= 0.6 is 0 Å². The summed E-state index contributed by atoms with van der Waals surface area (Å²) in [4.78, 5) is 26.0. The first-order valence-electron chi connectivity index (χ1n) is 8.26. The van der Waals surface area contributed by atoms with E-state index in [0.717, 1.165) is 0 Å². The van der Waals surface area contributed by atoms with Crippen LogP contribution in [0, 0.1) is 5.92 Å². The summed E-state index contributed by atoms with van der Waals surface area (Å²) >= 11 is 0. The van der Waals surface area contributed by atoms with Gasteiger partial charge in [0.2, 0.25) is 12.7 Å². The number of benzene rings is 1. The quantitative estimate of drug-likeness (QED) is 0.856. The standard InChI is InChI=1S/C17H22N2O6/c1-10(2)8-23-17(22)19-7-12(20)6-13(19)16(21)18-11-3-4-14-15(5-11)25-9-24-14/h3-5,10,12-13,20H,6-9H2,1-2H3,(H,18,21)/t12-,13+/m0/s1. The molecule has 0 radical (unpaired) electrons. The van der Waals surface area contributed by atoms with E-state index in [1.54, 1.807) is 18.2 Å². The van der Waals surface area contributed by atoms with Crippen molar-refractivity contribution >= 4 is 17.7 Å². The summed E-state index contributed by atoms with van der Waals surface area (Å²) < 4.78 is 15.7. The number of hydrogen-bond donors (Lipinski definition) is 2. The van der Waals surface area contributed by atoms with Gasteiger partial charge in [-0.2, -0.15) is 0 Å². The summed E-state index contributed by atoms with van der Waals surface area (Å²) in [5.41, 5.74) is 0.533. The Hall–Kier alpha value is -2.48. The Bertz CT molecular complexity index is 663. The number of fused-ring (bicyclic) bond motifs is 1. The van der Waals surface area contributed by atoms with Crippen molar-refractivity contribution in [3.05, 3.63) is 18.2 Å². The van der Waals surface area contributed by atoms with E-state index in [2.05, 4.69) is 5.32 Å². The van der Waals surface area contributed by atoms with E-state index in [1.165, 1.54) is 4.90 Å². The Balaban J connectivity index is 1.66. The third-order valence-corrected chi connectivity index (χ3v) is 4.00. The minimum absolute atomic E-state index is 0.0795. The lowest BCUT2D eigenvalue weighted by atomic mass is 10.2. The molecule has 0 saturated carbocycles. The second kappa shape index (κ2) is 7.18. The van der Waals surface area contributed by atoms with Gasteiger partial charge < -0.3 is 24.6 Å². The maximum absolute atomic E-state index is 12.6. The Kier molecular flexibility index (Phi) is 4.98. The average molecular weight is 350 g/mol. The van der Waals surface area contributed by atoms with Gasteiger partial charge >= 0.3 is 6.09 Å². The van der Waals surface area contributed by atoms with E-state index in [1.807, 2.05) is 13.8 Å². The summed E-state index contributed by atoms with van der Waals surface area (Å²) in [5, 5.41) is 12.6. The molecule has 2 aliphatic rings. The first-order chi connectivity index (χ1) is 11.9. The second-order valence-electron chi connectivity index (χ2n) is 6.59. The van der Waals surface area contributed by atoms with Crippen molar-refractivity contribution in [2.75, 3.05) is 25.3 Å². The van der Waals surface area contributed by atoms with Crippen LogP contribution in [-0.2, 0) is 9.53 Å². The molecule has 0 aromatic heterocycles. The van der Waals surface area contributed by atoms with E-state index in [-0.39, 0.29) is 38.2 Å². The number of aliphatic hydroxyl groups excluding tert-OH is 1. The molecule has 2 atom stereocenters. The number of nitrogens with zero attached hydrogens (tertiary/aromatic N) is 1. The monoisotopic (exact) mass is 350 g/mol. The Morgan fingerprint density at radius 2 is 2.12 bits per heavy atom. The van der Waals surface area contributed by atoms with Crippen molar-refractivity contribution in [2.24, 2.45) is 5.92 Å². The van der Waals surface area contributed by atoms with Crippen LogP contribution in [0.25, 0.3) is 0 Å². The average Bonchev–Trinajstić information content (AvgIpc) is 3.18. The largest absolute Gasteiger partial charge is 0.454 e. The number of aliphatic hydroxyl groups is 1. The van der Waals surface area contributed by atoms with Gasteiger partial charge in [-0.1, -0.05) is 13.8 Å². The maximum Gasteiger partial charge on any atom is 0.410 e. The first-order valence-corrected chi connectivity index (χ1v) is 8.26. The molecule has 1 fully saturated rings. The lowest BCUT2D eigenvalue weighted by Crippen LogP contribution is -2.43. The highest BCUT2D eigenvalue weighted by Gasteiger charge is 2.40. The molecule has 2 amide bonds. The van der Waals surface area contributed by atoms with E-state index in [4.69, 9.17) is 14.2 Å². The Labute approximate surface area is 145 Å². The number of amides is 2. The van der Waals surface area contributed by atoms with Crippen molar-refractivity contribution < 1.29 is 28.9 Å². The van der Waals surface area contributed by atoms with E-state index in [9.17, 15) is 14.7 Å². The number of carbonyl (C=O) groups excluding carboxylic acids is 2. The van der Waals surface area contributed by atoms with Crippen molar-refractivity contribution in [2.45, 2.75) is 32.4 Å². The number of ether oxygens (including phenoxy) is 3. The molecule has 1 saturated heterocycles. The molecule has 25 heavy (non-hydrogen) atoms. The SMILES string of the molecule is CC(C)COC(=O)N1C[C@@H](O)C[C@@H]1C(=O)Nc1ccc2c(c1)OCO2. The Morgan fingerprint density at radius 3 is 2.88 bits per heavy atom. The molecular formula is C17H22N2O6. The van der Waals surface area contributed by atoms with Gasteiger partial charge in [-0.05, 0) is 18.1 Å². The van der Waals surface area contributed by atoms with Crippen LogP contribution in [0.2, 0.25) is 0 Å². The predicted molar refractivity (Wildman–Crippen MR) is 88.5 cm³/mol. The lowest BCUT2D eigenvalue weighted by Gasteiger charge is -2.23. The van der Waals surface area contributed by atoms with Gasteiger partial charge in [0.25, 0.3) is 0 Å². The minimum atomic E-state index is -0.778. The third-order valence-electron chi connectivity index (χ3n) is 4.00. The predicted octanol–water partition coefficient (Wildman–Crippen LogP) is 1.58. The fourth-order valence-corrected chi connectivity index (χ4v) is 2.78. The summed E-state index contributed by atoms with van der Waals surface area (Å²) in [6, 6.07) is 4.28. The smallest absolute Gasteiger partial charge is 0.410 e. The zero-order chi connectivity index (χ0) is 18.0. The topological polar surface area (TPSA) is 97.3 Å². The molecule has 0 aliphatic carbocycles. The van der Waals surface area contributed by atoms with Crippen LogP contribution in [-0.4, -0.2) is 54.1 Å². The summed E-state index contributed by atoms with van der Waals surface area (Å²) in [5.74, 6) is 0.986. The molecular weight excluding hydrogens is 328 g/mol. The molecule has 2 heterocycles. The number of anilines is 1. The van der Waals surface area contributed by atoms with Crippen molar-refractivity contribution in [3.63, 3.8) is 0 Å². The highest BCUT2D eigenvalue weighted by Crippen LogP contribution is 2.34. The second-order valence-corrected chi connectivity index (χ2v) is 6.59. The zero-order valence-electron chi connectivity index (χ0n) is 14.2. The molecule has 0 spiro atoms. The van der Waals surface area contributed by atoms with E-state index < -0.39 is 18.2 Å². The molecule has 0 unspecified atom stereocenters. The summed E-state index contributed by atoms with van der Waals surface area (Å²) in [7, 11) is 0. The number of likely N-dealkylation sites (tertiary alicyclic amines) is 1. The van der Waals surface area contributed by atoms with Gasteiger partial charge in [-0.3, -0.25) is 9.69 Å². The van der Waals surface area contributed by atoms with Crippen LogP contribution in [0.15, 0.2) is 18.2 Å². The zero-order valence-corrected chi connectivity index (χ0v) is 14.2. The minimum Gasteiger partial charge on any atom is -0.454 e. The number of rotatable bonds is 4. The summed E-state index contributed by atoms with van der Waals surface area (Å²) in [6.45, 7) is 4.35. The van der Waals surface area contributed by atoms with Gasteiger partial charge in [0.05, 0.1) is 19.3 Å². The normalized spacial score (nSPS) is 21.5. The first kappa shape index (κ1) is 17.3. The molecule has 8 nitrogen and oxygen atoms in total. The van der Waals surface area contributed by atoms with Crippen LogP contribution in [0.1, 0.15) is 20.3 Å². The highest BCUT2D eigenvalue weighted by atomic mass is 16.7. The molecule has 136 valence electrons. The molecule has 2 N–H and O–H groups in total. The number of nitrogens with one attached hydrogen (secondary N) is 1. The fourth-order valence-electron chi connectivity index (χ4n) is 2.78. The maximum atomic E-state index is 12.6. The van der Waals surface area contributed by atoms with Crippen LogP contribution < -0.4 is 14.8 Å². The lowest BCUT2D eigenvalue weighted by molar-refractivity contribution is -0.120. The number of β-amino-alcohol motifs (C(OH)–C–C–N with tert-alkyl or cyclic N) is 1. The van der Waals surface area contributed by atoms with Crippen LogP contribution in [0.5, 0.6) is 11.5 Å². The number of carbonyl (C=O) groups is 2. The molecule has 0 bridgehead atoms. The van der Waals surface area contributed by atoms with Gasteiger partial charge in [-0.15, -0.1) is 0 Å².